The van der Waals surface area contributed by atoms with Gasteiger partial charge in [-0.25, -0.2) is 8.42 Å². The summed E-state index contributed by atoms with van der Waals surface area (Å²) in [5.41, 5.74) is 1.71. The summed E-state index contributed by atoms with van der Waals surface area (Å²) in [5, 5.41) is 10.9. The molecule has 1 aliphatic rings. The van der Waals surface area contributed by atoms with Crippen LogP contribution in [0.3, 0.4) is 0 Å². The summed E-state index contributed by atoms with van der Waals surface area (Å²) in [7, 11) is -3.58. The second kappa shape index (κ2) is 7.31. The molecular formula is C16H22N2O5S. The SMILES string of the molecule is Cc1ccc(S(=O)(=O)N2CCC(C(=O)NCC(=O)O)CC2)c(C)c1. The van der Waals surface area contributed by atoms with Gasteiger partial charge in [0.15, 0.2) is 0 Å². The van der Waals surface area contributed by atoms with Gasteiger partial charge in [0.2, 0.25) is 15.9 Å². The van der Waals surface area contributed by atoms with Gasteiger partial charge < -0.3 is 10.4 Å². The van der Waals surface area contributed by atoms with Crippen molar-refractivity contribution in [3.05, 3.63) is 29.3 Å². The zero-order valence-electron chi connectivity index (χ0n) is 13.8. The Morgan fingerprint density at radius 3 is 2.42 bits per heavy atom. The lowest BCUT2D eigenvalue weighted by molar-refractivity contribution is -0.138. The third-order valence-corrected chi connectivity index (χ3v) is 6.25. The minimum absolute atomic E-state index is 0.251. The van der Waals surface area contributed by atoms with Crippen LogP contribution < -0.4 is 5.32 Å². The van der Waals surface area contributed by atoms with Gasteiger partial charge in [-0.05, 0) is 38.3 Å². The van der Waals surface area contributed by atoms with Gasteiger partial charge >= 0.3 is 5.97 Å². The molecular weight excluding hydrogens is 332 g/mol. The Kier molecular flexibility index (Phi) is 5.61. The van der Waals surface area contributed by atoms with Crippen molar-refractivity contribution in [1.82, 2.24) is 9.62 Å². The summed E-state index contributed by atoms with van der Waals surface area (Å²) in [6, 6.07) is 5.22. The number of rotatable bonds is 5. The highest BCUT2D eigenvalue weighted by molar-refractivity contribution is 7.89. The van der Waals surface area contributed by atoms with Gasteiger partial charge in [0, 0.05) is 19.0 Å². The number of carbonyl (C=O) groups excluding carboxylic acids is 1. The van der Waals surface area contributed by atoms with Crippen LogP contribution in [0, 0.1) is 19.8 Å². The van der Waals surface area contributed by atoms with Crippen molar-refractivity contribution >= 4 is 21.9 Å². The van der Waals surface area contributed by atoms with E-state index in [-0.39, 0.29) is 24.9 Å². The molecule has 1 fully saturated rings. The number of amides is 1. The molecule has 1 aromatic carbocycles. The molecule has 1 heterocycles. The van der Waals surface area contributed by atoms with Gasteiger partial charge in [-0.15, -0.1) is 0 Å². The maximum atomic E-state index is 12.8. The molecule has 1 aliphatic heterocycles. The van der Waals surface area contributed by atoms with E-state index >= 15 is 0 Å². The third-order valence-electron chi connectivity index (χ3n) is 4.19. The normalized spacial score (nSPS) is 16.8. The van der Waals surface area contributed by atoms with Crippen LogP contribution in [0.1, 0.15) is 24.0 Å². The fourth-order valence-electron chi connectivity index (χ4n) is 2.89. The van der Waals surface area contributed by atoms with E-state index in [1.54, 1.807) is 19.1 Å². The number of piperidine rings is 1. The quantitative estimate of drug-likeness (QED) is 0.818. The first-order valence-corrected chi connectivity index (χ1v) is 9.22. The van der Waals surface area contributed by atoms with Crippen molar-refractivity contribution in [3.8, 4) is 0 Å². The Labute approximate surface area is 141 Å². The van der Waals surface area contributed by atoms with Gasteiger partial charge in [-0.3, -0.25) is 9.59 Å². The van der Waals surface area contributed by atoms with E-state index in [1.807, 2.05) is 13.0 Å². The van der Waals surface area contributed by atoms with E-state index in [2.05, 4.69) is 5.32 Å². The zero-order chi connectivity index (χ0) is 17.9. The highest BCUT2D eigenvalue weighted by Crippen LogP contribution is 2.26. The predicted octanol–water partition coefficient (Wildman–Crippen LogP) is 0.905. The van der Waals surface area contributed by atoms with Crippen LogP contribution in [0.15, 0.2) is 23.1 Å². The van der Waals surface area contributed by atoms with Gasteiger partial charge in [0.25, 0.3) is 0 Å². The molecule has 0 radical (unpaired) electrons. The molecule has 24 heavy (non-hydrogen) atoms. The molecule has 0 spiro atoms. The maximum Gasteiger partial charge on any atom is 0.322 e. The van der Waals surface area contributed by atoms with Crippen molar-refractivity contribution in [1.29, 1.82) is 0 Å². The number of carbonyl (C=O) groups is 2. The van der Waals surface area contributed by atoms with Gasteiger partial charge in [0.05, 0.1) is 4.90 Å². The predicted molar refractivity (Wildman–Crippen MR) is 88.0 cm³/mol. The fraction of sp³-hybridized carbons (Fsp3) is 0.500. The fourth-order valence-corrected chi connectivity index (χ4v) is 4.57. The van der Waals surface area contributed by atoms with Gasteiger partial charge in [0.1, 0.15) is 6.54 Å². The van der Waals surface area contributed by atoms with Crippen LogP contribution in [0.2, 0.25) is 0 Å². The van der Waals surface area contributed by atoms with Crippen LogP contribution in [-0.4, -0.2) is 49.3 Å². The first-order valence-electron chi connectivity index (χ1n) is 7.78. The summed E-state index contributed by atoms with van der Waals surface area (Å²) in [4.78, 5) is 22.7. The second-order valence-electron chi connectivity index (χ2n) is 6.06. The van der Waals surface area contributed by atoms with Crippen molar-refractivity contribution in [2.24, 2.45) is 5.92 Å². The summed E-state index contributed by atoms with van der Waals surface area (Å²) < 4.78 is 26.9. The van der Waals surface area contributed by atoms with E-state index in [0.29, 0.717) is 23.3 Å². The highest BCUT2D eigenvalue weighted by atomic mass is 32.2. The van der Waals surface area contributed by atoms with Crippen LogP contribution in [0.25, 0.3) is 0 Å². The largest absolute Gasteiger partial charge is 0.480 e. The minimum Gasteiger partial charge on any atom is -0.480 e. The first kappa shape index (κ1) is 18.4. The van der Waals surface area contributed by atoms with Crippen molar-refractivity contribution in [2.45, 2.75) is 31.6 Å². The van der Waals surface area contributed by atoms with E-state index in [9.17, 15) is 18.0 Å². The first-order chi connectivity index (χ1) is 11.2. The number of sulfonamides is 1. The molecule has 0 saturated carbocycles. The number of aliphatic carboxylic acids is 1. The molecule has 0 aliphatic carbocycles. The number of aryl methyl sites for hydroxylation is 2. The minimum atomic E-state index is -3.58. The Balaban J connectivity index is 2.03. The van der Waals surface area contributed by atoms with Crippen LogP contribution >= 0.6 is 0 Å². The number of nitrogens with one attached hydrogen (secondary N) is 1. The van der Waals surface area contributed by atoms with Crippen molar-refractivity contribution < 1.29 is 23.1 Å². The molecule has 0 aromatic heterocycles. The van der Waals surface area contributed by atoms with Crippen LogP contribution in [0.5, 0.6) is 0 Å². The molecule has 7 nitrogen and oxygen atoms in total. The molecule has 0 atom stereocenters. The van der Waals surface area contributed by atoms with Gasteiger partial charge in [-0.2, -0.15) is 4.31 Å². The molecule has 2 rings (SSSR count). The molecule has 8 heteroatoms. The smallest absolute Gasteiger partial charge is 0.322 e. The Morgan fingerprint density at radius 2 is 1.88 bits per heavy atom. The van der Waals surface area contributed by atoms with E-state index < -0.39 is 22.5 Å². The molecule has 1 saturated heterocycles. The van der Waals surface area contributed by atoms with Crippen molar-refractivity contribution in [3.63, 3.8) is 0 Å². The third kappa shape index (κ3) is 4.12. The zero-order valence-corrected chi connectivity index (χ0v) is 14.6. The average Bonchev–Trinajstić information content (AvgIpc) is 2.52. The molecule has 132 valence electrons. The number of hydrogen-bond donors (Lipinski definition) is 2. The Morgan fingerprint density at radius 1 is 1.25 bits per heavy atom. The summed E-state index contributed by atoms with van der Waals surface area (Å²) in [6.07, 6.45) is 0.769. The molecule has 0 unspecified atom stereocenters. The lowest BCUT2D eigenvalue weighted by Gasteiger charge is -2.30. The van der Waals surface area contributed by atoms with E-state index in [4.69, 9.17) is 5.11 Å². The number of carboxylic acids is 1. The molecule has 1 aromatic rings. The number of nitrogens with zero attached hydrogens (tertiary/aromatic N) is 1. The van der Waals surface area contributed by atoms with Crippen LogP contribution in [0.4, 0.5) is 0 Å². The van der Waals surface area contributed by atoms with Crippen LogP contribution in [-0.2, 0) is 19.6 Å². The number of hydrogen-bond acceptors (Lipinski definition) is 4. The van der Waals surface area contributed by atoms with E-state index in [1.165, 1.54) is 4.31 Å². The van der Waals surface area contributed by atoms with Crippen molar-refractivity contribution in [2.75, 3.05) is 19.6 Å². The Bertz CT molecular complexity index is 737. The van der Waals surface area contributed by atoms with Gasteiger partial charge in [-0.1, -0.05) is 17.7 Å². The molecule has 0 bridgehead atoms. The molecule has 1 amide bonds. The maximum absolute atomic E-state index is 12.8. The van der Waals surface area contributed by atoms with E-state index in [0.717, 1.165) is 5.56 Å². The lowest BCUT2D eigenvalue weighted by atomic mass is 9.97. The monoisotopic (exact) mass is 354 g/mol. The number of carboxylic acid groups (broad SMARTS) is 1. The Hall–Kier alpha value is -1.93. The topological polar surface area (TPSA) is 104 Å². The lowest BCUT2D eigenvalue weighted by Crippen LogP contribution is -2.43. The summed E-state index contributed by atoms with van der Waals surface area (Å²) in [6.45, 7) is 3.76. The second-order valence-corrected chi connectivity index (χ2v) is 7.97. The molecule has 2 N–H and O–H groups in total. The average molecular weight is 354 g/mol. The standard InChI is InChI=1S/C16H22N2O5S/c1-11-3-4-14(12(2)9-11)24(22,23)18-7-5-13(6-8-18)16(21)17-10-15(19)20/h3-4,9,13H,5-8,10H2,1-2H3,(H,17,21)(H,19,20). The summed E-state index contributed by atoms with van der Waals surface area (Å²) in [5.74, 6) is -1.78. The number of benzene rings is 1. The summed E-state index contributed by atoms with van der Waals surface area (Å²) >= 11 is 0. The highest BCUT2D eigenvalue weighted by Gasteiger charge is 2.32.